The van der Waals surface area contributed by atoms with Crippen LogP contribution in [0.4, 0.5) is 0 Å². The monoisotopic (exact) mass is 243 g/mol. The van der Waals surface area contributed by atoms with Crippen molar-refractivity contribution >= 4 is 5.97 Å². The molecule has 1 fully saturated rings. The summed E-state index contributed by atoms with van der Waals surface area (Å²) in [6.07, 6.45) is 3.88. The molecule has 0 aromatic carbocycles. The van der Waals surface area contributed by atoms with Gasteiger partial charge in [0.15, 0.2) is 0 Å². The highest BCUT2D eigenvalue weighted by Crippen LogP contribution is 2.38. The molecule has 1 aliphatic rings. The second-order valence-electron chi connectivity index (χ2n) is 5.79. The Morgan fingerprint density at radius 1 is 1.24 bits per heavy atom. The van der Waals surface area contributed by atoms with Crippen molar-refractivity contribution in [3.05, 3.63) is 0 Å². The van der Waals surface area contributed by atoms with Crippen LogP contribution in [0.25, 0.3) is 0 Å². The standard InChI is InChI=1S/C13H25NO3/c1-12(2,3)17-9-8-16-11(15)13(10-14)6-4-5-7-13/h4-10,14H2,1-3H3. The third kappa shape index (κ3) is 4.28. The zero-order valence-electron chi connectivity index (χ0n) is 11.3. The second-order valence-corrected chi connectivity index (χ2v) is 5.79. The minimum atomic E-state index is -0.415. The normalized spacial score (nSPS) is 19.3. The average Bonchev–Trinajstić information content (AvgIpc) is 2.72. The Morgan fingerprint density at radius 2 is 1.82 bits per heavy atom. The van der Waals surface area contributed by atoms with Crippen molar-refractivity contribution in [1.29, 1.82) is 0 Å². The first-order chi connectivity index (χ1) is 7.90. The Bertz CT molecular complexity index is 252. The van der Waals surface area contributed by atoms with E-state index >= 15 is 0 Å². The molecular formula is C13H25NO3. The largest absolute Gasteiger partial charge is 0.463 e. The molecule has 0 saturated heterocycles. The van der Waals surface area contributed by atoms with Crippen molar-refractivity contribution in [2.45, 2.75) is 52.1 Å². The summed E-state index contributed by atoms with van der Waals surface area (Å²) in [5.41, 5.74) is 5.11. The van der Waals surface area contributed by atoms with E-state index in [2.05, 4.69) is 0 Å². The molecule has 0 aromatic rings. The molecule has 0 aliphatic heterocycles. The van der Waals surface area contributed by atoms with Crippen LogP contribution in [0.15, 0.2) is 0 Å². The van der Waals surface area contributed by atoms with Gasteiger partial charge in [-0.25, -0.2) is 0 Å². The molecule has 0 amide bonds. The summed E-state index contributed by atoms with van der Waals surface area (Å²) in [6, 6.07) is 0. The van der Waals surface area contributed by atoms with Gasteiger partial charge in [-0.1, -0.05) is 12.8 Å². The minimum absolute atomic E-state index is 0.144. The summed E-state index contributed by atoms with van der Waals surface area (Å²) < 4.78 is 10.8. The lowest BCUT2D eigenvalue weighted by atomic mass is 9.86. The SMILES string of the molecule is CC(C)(C)OCCOC(=O)C1(CN)CCCC1. The van der Waals surface area contributed by atoms with Crippen LogP contribution in [0, 0.1) is 5.41 Å². The Labute approximate surface area is 104 Å². The topological polar surface area (TPSA) is 61.5 Å². The number of esters is 1. The molecule has 2 N–H and O–H groups in total. The Balaban J connectivity index is 2.29. The second kappa shape index (κ2) is 5.83. The molecular weight excluding hydrogens is 218 g/mol. The molecule has 0 aromatic heterocycles. The van der Waals surface area contributed by atoms with Gasteiger partial charge in [0.2, 0.25) is 0 Å². The van der Waals surface area contributed by atoms with Gasteiger partial charge in [0.25, 0.3) is 0 Å². The fourth-order valence-corrected chi connectivity index (χ4v) is 2.18. The molecule has 17 heavy (non-hydrogen) atoms. The highest BCUT2D eigenvalue weighted by Gasteiger charge is 2.41. The van der Waals surface area contributed by atoms with Crippen LogP contribution < -0.4 is 5.73 Å². The summed E-state index contributed by atoms with van der Waals surface area (Å²) in [5, 5.41) is 0. The molecule has 4 heteroatoms. The Kier molecular flexibility index (Phi) is 4.95. The number of hydrogen-bond donors (Lipinski definition) is 1. The summed E-state index contributed by atoms with van der Waals surface area (Å²) in [4.78, 5) is 12.0. The van der Waals surface area contributed by atoms with E-state index in [1.165, 1.54) is 0 Å². The highest BCUT2D eigenvalue weighted by molar-refractivity contribution is 5.77. The number of nitrogens with two attached hydrogens (primary N) is 1. The van der Waals surface area contributed by atoms with Crippen LogP contribution in [-0.2, 0) is 14.3 Å². The molecule has 4 nitrogen and oxygen atoms in total. The molecule has 0 unspecified atom stereocenters. The maximum absolute atomic E-state index is 12.0. The van der Waals surface area contributed by atoms with E-state index in [-0.39, 0.29) is 11.6 Å². The van der Waals surface area contributed by atoms with Crippen molar-refractivity contribution < 1.29 is 14.3 Å². The Hall–Kier alpha value is -0.610. The first kappa shape index (κ1) is 14.5. The van der Waals surface area contributed by atoms with E-state index in [1.807, 2.05) is 20.8 Å². The summed E-state index contributed by atoms with van der Waals surface area (Å²) in [6.45, 7) is 7.09. The minimum Gasteiger partial charge on any atom is -0.463 e. The van der Waals surface area contributed by atoms with Crippen LogP contribution in [0.1, 0.15) is 46.5 Å². The van der Waals surface area contributed by atoms with Crippen molar-refractivity contribution in [2.24, 2.45) is 11.1 Å². The van der Waals surface area contributed by atoms with E-state index in [0.29, 0.717) is 19.8 Å². The molecule has 0 heterocycles. The molecule has 1 aliphatic carbocycles. The van der Waals surface area contributed by atoms with E-state index in [4.69, 9.17) is 15.2 Å². The summed E-state index contributed by atoms with van der Waals surface area (Å²) >= 11 is 0. The van der Waals surface area contributed by atoms with Crippen molar-refractivity contribution in [3.8, 4) is 0 Å². The molecule has 1 saturated carbocycles. The van der Waals surface area contributed by atoms with Crippen molar-refractivity contribution in [3.63, 3.8) is 0 Å². The fourth-order valence-electron chi connectivity index (χ4n) is 2.18. The van der Waals surface area contributed by atoms with Crippen LogP contribution in [0.2, 0.25) is 0 Å². The molecule has 0 radical (unpaired) electrons. The van der Waals surface area contributed by atoms with Gasteiger partial charge in [-0.15, -0.1) is 0 Å². The zero-order chi connectivity index (χ0) is 12.9. The first-order valence-corrected chi connectivity index (χ1v) is 6.41. The van der Waals surface area contributed by atoms with Gasteiger partial charge < -0.3 is 15.2 Å². The summed E-state index contributed by atoms with van der Waals surface area (Å²) in [5.74, 6) is -0.144. The number of carbonyl (C=O) groups excluding carboxylic acids is 1. The third-order valence-electron chi connectivity index (χ3n) is 3.24. The molecule has 1 rings (SSSR count). The lowest BCUT2D eigenvalue weighted by Gasteiger charge is -2.25. The van der Waals surface area contributed by atoms with Gasteiger partial charge >= 0.3 is 5.97 Å². The van der Waals surface area contributed by atoms with Gasteiger partial charge in [0, 0.05) is 6.54 Å². The van der Waals surface area contributed by atoms with E-state index < -0.39 is 5.41 Å². The van der Waals surface area contributed by atoms with Gasteiger partial charge in [0.05, 0.1) is 17.6 Å². The first-order valence-electron chi connectivity index (χ1n) is 6.41. The fraction of sp³-hybridized carbons (Fsp3) is 0.923. The smallest absolute Gasteiger partial charge is 0.313 e. The van der Waals surface area contributed by atoms with Crippen molar-refractivity contribution in [1.82, 2.24) is 0 Å². The van der Waals surface area contributed by atoms with Crippen LogP contribution in [0.3, 0.4) is 0 Å². The van der Waals surface area contributed by atoms with Crippen LogP contribution in [-0.4, -0.2) is 31.3 Å². The van der Waals surface area contributed by atoms with Gasteiger partial charge in [-0.3, -0.25) is 4.79 Å². The van der Waals surface area contributed by atoms with Gasteiger partial charge in [0.1, 0.15) is 6.61 Å². The predicted octanol–water partition coefficient (Wildman–Crippen LogP) is 1.86. The molecule has 100 valence electrons. The van der Waals surface area contributed by atoms with E-state index in [1.54, 1.807) is 0 Å². The zero-order valence-corrected chi connectivity index (χ0v) is 11.3. The molecule has 0 atom stereocenters. The summed E-state index contributed by atoms with van der Waals surface area (Å²) in [7, 11) is 0. The number of ether oxygens (including phenoxy) is 2. The van der Waals surface area contributed by atoms with Crippen molar-refractivity contribution in [2.75, 3.05) is 19.8 Å². The van der Waals surface area contributed by atoms with E-state index in [9.17, 15) is 4.79 Å². The number of rotatable bonds is 5. The third-order valence-corrected chi connectivity index (χ3v) is 3.24. The highest BCUT2D eigenvalue weighted by atomic mass is 16.6. The average molecular weight is 243 g/mol. The number of carbonyl (C=O) groups is 1. The lowest BCUT2D eigenvalue weighted by Crippen LogP contribution is -2.38. The van der Waals surface area contributed by atoms with E-state index in [0.717, 1.165) is 25.7 Å². The Morgan fingerprint density at radius 3 is 2.29 bits per heavy atom. The molecule has 0 bridgehead atoms. The quantitative estimate of drug-likeness (QED) is 0.591. The van der Waals surface area contributed by atoms with Crippen LogP contribution >= 0.6 is 0 Å². The number of hydrogen-bond acceptors (Lipinski definition) is 4. The van der Waals surface area contributed by atoms with Gasteiger partial charge in [-0.05, 0) is 33.6 Å². The van der Waals surface area contributed by atoms with Crippen LogP contribution in [0.5, 0.6) is 0 Å². The maximum Gasteiger partial charge on any atom is 0.313 e. The predicted molar refractivity (Wildman–Crippen MR) is 66.6 cm³/mol. The molecule has 0 spiro atoms. The van der Waals surface area contributed by atoms with Gasteiger partial charge in [-0.2, -0.15) is 0 Å². The lowest BCUT2D eigenvalue weighted by molar-refractivity contribution is -0.158. The maximum atomic E-state index is 12.0.